The van der Waals surface area contributed by atoms with Crippen LogP contribution in [0.4, 0.5) is 4.79 Å². The van der Waals surface area contributed by atoms with Crippen LogP contribution in [0.3, 0.4) is 0 Å². The van der Waals surface area contributed by atoms with Gasteiger partial charge in [-0.3, -0.25) is 9.69 Å². The SMILES string of the molecule is O=C1NC2(CCCC2)C(=O)N1C[C@@H](O)C[NH+]1CCOCC1. The maximum Gasteiger partial charge on any atom is 0.325 e. The van der Waals surface area contributed by atoms with E-state index in [2.05, 4.69) is 5.32 Å². The summed E-state index contributed by atoms with van der Waals surface area (Å²) in [6.07, 6.45) is 2.71. The lowest BCUT2D eigenvalue weighted by atomic mass is 9.98. The van der Waals surface area contributed by atoms with Crippen molar-refractivity contribution < 1.29 is 24.3 Å². The van der Waals surface area contributed by atoms with E-state index in [0.29, 0.717) is 19.8 Å². The molecule has 7 heteroatoms. The number of morpholine rings is 1. The van der Waals surface area contributed by atoms with E-state index in [0.717, 1.165) is 38.8 Å². The number of hydrogen-bond donors (Lipinski definition) is 3. The lowest BCUT2D eigenvalue weighted by Crippen LogP contribution is -3.15. The van der Waals surface area contributed by atoms with E-state index in [9.17, 15) is 14.7 Å². The number of hydrogen-bond acceptors (Lipinski definition) is 4. The summed E-state index contributed by atoms with van der Waals surface area (Å²) < 4.78 is 5.28. The first-order valence-corrected chi connectivity index (χ1v) is 7.84. The number of rotatable bonds is 4. The average molecular weight is 298 g/mol. The summed E-state index contributed by atoms with van der Waals surface area (Å²) in [4.78, 5) is 27.0. The Kier molecular flexibility index (Phi) is 4.14. The largest absolute Gasteiger partial charge is 0.385 e. The number of nitrogens with zero attached hydrogens (tertiary/aromatic N) is 1. The van der Waals surface area contributed by atoms with Crippen LogP contribution in [0.25, 0.3) is 0 Å². The van der Waals surface area contributed by atoms with E-state index < -0.39 is 11.6 Å². The molecule has 1 spiro atoms. The van der Waals surface area contributed by atoms with Crippen LogP contribution in [-0.2, 0) is 9.53 Å². The molecule has 0 radical (unpaired) electrons. The highest BCUT2D eigenvalue weighted by molar-refractivity contribution is 6.07. The molecule has 0 aromatic heterocycles. The van der Waals surface area contributed by atoms with Gasteiger partial charge in [0.1, 0.15) is 31.3 Å². The topological polar surface area (TPSA) is 83.3 Å². The van der Waals surface area contributed by atoms with Crippen LogP contribution in [0.1, 0.15) is 25.7 Å². The van der Waals surface area contributed by atoms with Crippen molar-refractivity contribution in [2.45, 2.75) is 37.3 Å². The van der Waals surface area contributed by atoms with Crippen LogP contribution in [-0.4, -0.2) is 73.0 Å². The van der Waals surface area contributed by atoms with Gasteiger partial charge < -0.3 is 20.1 Å². The summed E-state index contributed by atoms with van der Waals surface area (Å²) in [5.41, 5.74) is -0.678. The van der Waals surface area contributed by atoms with Gasteiger partial charge >= 0.3 is 6.03 Å². The van der Waals surface area contributed by atoms with E-state index >= 15 is 0 Å². The van der Waals surface area contributed by atoms with Gasteiger partial charge in [-0.05, 0) is 12.8 Å². The normalized spacial score (nSPS) is 27.4. The fourth-order valence-corrected chi connectivity index (χ4v) is 3.63. The maximum absolute atomic E-state index is 12.5. The highest BCUT2D eigenvalue weighted by Crippen LogP contribution is 2.34. The molecule has 7 nitrogen and oxygen atoms in total. The third-order valence-corrected chi connectivity index (χ3v) is 4.82. The Morgan fingerprint density at radius 3 is 2.62 bits per heavy atom. The summed E-state index contributed by atoms with van der Waals surface area (Å²) in [5, 5.41) is 13.0. The minimum Gasteiger partial charge on any atom is -0.385 e. The average Bonchev–Trinajstić information content (AvgIpc) is 3.02. The molecule has 1 atom stereocenters. The Hall–Kier alpha value is -1.18. The molecule has 2 aliphatic heterocycles. The van der Waals surface area contributed by atoms with Gasteiger partial charge in [0, 0.05) is 0 Å². The molecular formula is C14H24N3O4+. The van der Waals surface area contributed by atoms with Crippen molar-refractivity contribution in [3.05, 3.63) is 0 Å². The van der Waals surface area contributed by atoms with Crippen LogP contribution >= 0.6 is 0 Å². The van der Waals surface area contributed by atoms with E-state index in [4.69, 9.17) is 4.74 Å². The second-order valence-corrected chi connectivity index (χ2v) is 6.36. The van der Waals surface area contributed by atoms with Crippen molar-refractivity contribution in [1.29, 1.82) is 0 Å². The number of urea groups is 1. The number of imide groups is 1. The van der Waals surface area contributed by atoms with Crippen LogP contribution in [0.2, 0.25) is 0 Å². The first kappa shape index (κ1) is 14.7. The van der Waals surface area contributed by atoms with E-state index in [1.165, 1.54) is 9.80 Å². The molecule has 0 bridgehead atoms. The van der Waals surface area contributed by atoms with Crippen molar-refractivity contribution in [1.82, 2.24) is 10.2 Å². The molecule has 0 aromatic rings. The van der Waals surface area contributed by atoms with E-state index in [-0.39, 0.29) is 18.5 Å². The lowest BCUT2D eigenvalue weighted by Gasteiger charge is -2.27. The maximum atomic E-state index is 12.5. The first-order valence-electron chi connectivity index (χ1n) is 7.84. The van der Waals surface area contributed by atoms with Gasteiger partial charge in [-0.25, -0.2) is 4.79 Å². The molecule has 1 aliphatic carbocycles. The fraction of sp³-hybridized carbons (Fsp3) is 0.857. The Bertz CT molecular complexity index is 416. The number of β-amino-alcohol motifs (C(OH)–C–C–N with tert-alkyl or cyclic N) is 1. The highest BCUT2D eigenvalue weighted by atomic mass is 16.5. The second-order valence-electron chi connectivity index (χ2n) is 6.36. The first-order chi connectivity index (χ1) is 10.1. The van der Waals surface area contributed by atoms with Gasteiger partial charge in [-0.15, -0.1) is 0 Å². The van der Waals surface area contributed by atoms with Crippen molar-refractivity contribution in [2.75, 3.05) is 39.4 Å². The molecule has 0 unspecified atom stereocenters. The van der Waals surface area contributed by atoms with E-state index in [1.54, 1.807) is 0 Å². The summed E-state index contributed by atoms with van der Waals surface area (Å²) >= 11 is 0. The Morgan fingerprint density at radius 1 is 1.29 bits per heavy atom. The molecule has 21 heavy (non-hydrogen) atoms. The van der Waals surface area contributed by atoms with Crippen LogP contribution in [0.15, 0.2) is 0 Å². The predicted octanol–water partition coefficient (Wildman–Crippen LogP) is -1.87. The minimum absolute atomic E-state index is 0.0940. The van der Waals surface area contributed by atoms with Crippen molar-refractivity contribution >= 4 is 11.9 Å². The van der Waals surface area contributed by atoms with Gasteiger partial charge in [0.05, 0.1) is 19.8 Å². The molecule has 3 fully saturated rings. The summed E-state index contributed by atoms with van der Waals surface area (Å²) in [6, 6.07) is -0.349. The number of carbonyl (C=O) groups is 2. The Labute approximate surface area is 124 Å². The number of aliphatic hydroxyl groups excluding tert-OH is 1. The molecule has 3 amide bonds. The van der Waals surface area contributed by atoms with E-state index in [1.807, 2.05) is 0 Å². The van der Waals surface area contributed by atoms with Crippen molar-refractivity contribution in [2.24, 2.45) is 0 Å². The molecule has 3 N–H and O–H groups in total. The fourth-order valence-electron chi connectivity index (χ4n) is 3.63. The highest BCUT2D eigenvalue weighted by Gasteiger charge is 2.52. The number of ether oxygens (including phenoxy) is 1. The van der Waals surface area contributed by atoms with Crippen molar-refractivity contribution in [3.63, 3.8) is 0 Å². The van der Waals surface area contributed by atoms with Crippen LogP contribution in [0.5, 0.6) is 0 Å². The molecule has 1 saturated carbocycles. The zero-order valence-corrected chi connectivity index (χ0v) is 12.3. The Morgan fingerprint density at radius 2 is 1.95 bits per heavy atom. The third kappa shape index (κ3) is 2.90. The second kappa shape index (κ2) is 5.90. The van der Waals surface area contributed by atoms with Crippen LogP contribution < -0.4 is 10.2 Å². The van der Waals surface area contributed by atoms with Gasteiger partial charge in [-0.2, -0.15) is 0 Å². The van der Waals surface area contributed by atoms with Crippen molar-refractivity contribution in [3.8, 4) is 0 Å². The molecule has 0 aromatic carbocycles. The summed E-state index contributed by atoms with van der Waals surface area (Å²) in [7, 11) is 0. The third-order valence-electron chi connectivity index (χ3n) is 4.82. The molecule has 2 saturated heterocycles. The minimum atomic E-state index is -0.678. The number of carbonyl (C=O) groups excluding carboxylic acids is 2. The molecular weight excluding hydrogens is 274 g/mol. The molecule has 2 heterocycles. The predicted molar refractivity (Wildman–Crippen MR) is 73.8 cm³/mol. The van der Waals surface area contributed by atoms with Gasteiger partial charge in [0.15, 0.2) is 0 Å². The summed E-state index contributed by atoms with van der Waals surface area (Å²) in [5.74, 6) is -0.152. The Balaban J connectivity index is 1.56. The smallest absolute Gasteiger partial charge is 0.325 e. The number of aliphatic hydroxyl groups is 1. The molecule has 118 valence electrons. The molecule has 3 aliphatic rings. The standard InChI is InChI=1S/C14H23N3O4/c18-11(9-16-5-7-21-8-6-16)10-17-12(19)14(15-13(17)20)3-1-2-4-14/h11,18H,1-10H2,(H,15,20)/p+1/t11-/m0/s1. The van der Waals surface area contributed by atoms with Gasteiger partial charge in [-0.1, -0.05) is 12.8 Å². The number of amides is 3. The van der Waals surface area contributed by atoms with Crippen LogP contribution in [0, 0.1) is 0 Å². The van der Waals surface area contributed by atoms with Gasteiger partial charge in [0.25, 0.3) is 5.91 Å². The molecule has 3 rings (SSSR count). The number of quaternary nitrogens is 1. The lowest BCUT2D eigenvalue weighted by molar-refractivity contribution is -0.910. The zero-order chi connectivity index (χ0) is 14.9. The number of nitrogens with one attached hydrogen (secondary N) is 2. The quantitative estimate of drug-likeness (QED) is 0.531. The summed E-state index contributed by atoms with van der Waals surface area (Å²) in [6.45, 7) is 3.77. The van der Waals surface area contributed by atoms with Gasteiger partial charge in [0.2, 0.25) is 0 Å². The monoisotopic (exact) mass is 298 g/mol. The zero-order valence-electron chi connectivity index (χ0n) is 12.3.